The monoisotopic (exact) mass is 432 g/mol. The first kappa shape index (κ1) is 21.5. The number of thiocarbonyl (C=S) groups is 1. The number of unbranched alkanes of at least 4 members (excludes halogenated alkanes) is 3. The number of ether oxygens (including phenoxy) is 1. The second-order valence-electron chi connectivity index (χ2n) is 6.98. The number of hydrogen-bond donors (Lipinski definition) is 0. The third-order valence-corrected chi connectivity index (χ3v) is 6.52. The lowest BCUT2D eigenvalue weighted by atomic mass is 10.1. The summed E-state index contributed by atoms with van der Waals surface area (Å²) in [4.78, 5) is 41.6. The van der Waals surface area contributed by atoms with Crippen LogP contribution in [0.5, 0.6) is 0 Å². The van der Waals surface area contributed by atoms with E-state index in [2.05, 4.69) is 6.92 Å². The molecule has 29 heavy (non-hydrogen) atoms. The minimum Gasteiger partial charge on any atom is -0.467 e. The van der Waals surface area contributed by atoms with Gasteiger partial charge in [-0.3, -0.25) is 14.5 Å². The van der Waals surface area contributed by atoms with Crippen LogP contribution >= 0.6 is 24.0 Å². The van der Waals surface area contributed by atoms with Crippen molar-refractivity contribution in [1.29, 1.82) is 0 Å². The first-order valence-electron chi connectivity index (χ1n) is 9.71. The quantitative estimate of drug-likeness (QED) is 0.283. The van der Waals surface area contributed by atoms with Crippen molar-refractivity contribution in [3.8, 4) is 0 Å². The highest BCUT2D eigenvalue weighted by molar-refractivity contribution is 8.26. The molecule has 0 bridgehead atoms. The fourth-order valence-electron chi connectivity index (χ4n) is 3.56. The van der Waals surface area contributed by atoms with E-state index < -0.39 is 17.9 Å². The molecule has 0 aliphatic carbocycles. The number of para-hydroxylation sites is 1. The summed E-state index contributed by atoms with van der Waals surface area (Å²) >= 11 is 6.41. The lowest BCUT2D eigenvalue weighted by Gasteiger charge is -2.20. The van der Waals surface area contributed by atoms with Crippen molar-refractivity contribution in [1.82, 2.24) is 4.90 Å². The van der Waals surface area contributed by atoms with E-state index >= 15 is 0 Å². The van der Waals surface area contributed by atoms with Gasteiger partial charge in [0, 0.05) is 12.1 Å². The van der Waals surface area contributed by atoms with Gasteiger partial charge in [0.2, 0.25) is 0 Å². The smallest absolute Gasteiger partial charge is 0.328 e. The molecule has 1 saturated heterocycles. The number of methoxy groups -OCH3 is 1. The molecule has 0 spiro atoms. The van der Waals surface area contributed by atoms with Crippen molar-refractivity contribution in [2.24, 2.45) is 0 Å². The van der Waals surface area contributed by atoms with Crippen LogP contribution in [-0.2, 0) is 19.1 Å². The van der Waals surface area contributed by atoms with Gasteiger partial charge in [-0.1, -0.05) is 68.4 Å². The topological polar surface area (TPSA) is 66.9 Å². The highest BCUT2D eigenvalue weighted by atomic mass is 32.2. The standard InChI is InChI=1S/C21H24N2O4S2/c1-4-5-6-9-12-22-15-11-8-7-10-14(15)16(18(22)24)17-19(25)23(21(28)29-17)13(2)20(26)27-3/h7-8,10-11,13H,4-6,9,12H2,1-3H3/b17-16-/t13-/m0/s1. The third kappa shape index (κ3) is 3.96. The highest BCUT2D eigenvalue weighted by Gasteiger charge is 2.44. The highest BCUT2D eigenvalue weighted by Crippen LogP contribution is 2.45. The first-order chi connectivity index (χ1) is 13.9. The molecule has 3 rings (SSSR count). The van der Waals surface area contributed by atoms with Crippen LogP contribution in [0.4, 0.5) is 5.69 Å². The number of esters is 1. The van der Waals surface area contributed by atoms with Crippen molar-refractivity contribution in [2.75, 3.05) is 18.6 Å². The fourth-order valence-corrected chi connectivity index (χ4v) is 5.05. The number of carbonyl (C=O) groups is 3. The Morgan fingerprint density at radius 3 is 2.59 bits per heavy atom. The van der Waals surface area contributed by atoms with Crippen molar-refractivity contribution in [2.45, 2.75) is 45.6 Å². The molecule has 6 nitrogen and oxygen atoms in total. The van der Waals surface area contributed by atoms with E-state index in [9.17, 15) is 14.4 Å². The van der Waals surface area contributed by atoms with E-state index in [4.69, 9.17) is 17.0 Å². The number of fused-ring (bicyclic) bond motifs is 1. The van der Waals surface area contributed by atoms with Gasteiger partial charge in [-0.15, -0.1) is 0 Å². The van der Waals surface area contributed by atoms with Crippen LogP contribution in [0.1, 0.15) is 45.1 Å². The molecular formula is C21H24N2O4S2. The Morgan fingerprint density at radius 1 is 1.17 bits per heavy atom. The summed E-state index contributed by atoms with van der Waals surface area (Å²) < 4.78 is 5.00. The van der Waals surface area contributed by atoms with Gasteiger partial charge >= 0.3 is 5.97 Å². The van der Waals surface area contributed by atoms with Gasteiger partial charge in [0.15, 0.2) is 0 Å². The minimum atomic E-state index is -0.845. The summed E-state index contributed by atoms with van der Waals surface area (Å²) in [5.74, 6) is -1.17. The van der Waals surface area contributed by atoms with Gasteiger partial charge < -0.3 is 9.64 Å². The molecule has 1 aromatic rings. The molecule has 154 valence electrons. The van der Waals surface area contributed by atoms with Crippen LogP contribution in [0.15, 0.2) is 29.2 Å². The summed E-state index contributed by atoms with van der Waals surface area (Å²) in [5, 5.41) is 0. The van der Waals surface area contributed by atoms with Crippen molar-refractivity contribution in [3.05, 3.63) is 34.7 Å². The van der Waals surface area contributed by atoms with Crippen LogP contribution in [-0.4, -0.2) is 46.7 Å². The Morgan fingerprint density at radius 2 is 1.90 bits per heavy atom. The largest absolute Gasteiger partial charge is 0.467 e. The molecule has 1 fully saturated rings. The van der Waals surface area contributed by atoms with Crippen LogP contribution in [0.3, 0.4) is 0 Å². The van der Waals surface area contributed by atoms with Crippen LogP contribution < -0.4 is 4.90 Å². The number of benzene rings is 1. The number of nitrogens with zero attached hydrogens (tertiary/aromatic N) is 2. The summed E-state index contributed by atoms with van der Waals surface area (Å²) in [6.45, 7) is 4.32. The lowest BCUT2D eigenvalue weighted by molar-refractivity contribution is -0.147. The molecule has 0 unspecified atom stereocenters. The molecule has 1 atom stereocenters. The second kappa shape index (κ2) is 9.09. The maximum Gasteiger partial charge on any atom is 0.328 e. The second-order valence-corrected chi connectivity index (χ2v) is 8.63. The van der Waals surface area contributed by atoms with Gasteiger partial charge in [-0.25, -0.2) is 4.79 Å². The average molecular weight is 433 g/mol. The molecule has 1 aromatic carbocycles. The van der Waals surface area contributed by atoms with E-state index in [1.54, 1.807) is 11.8 Å². The lowest BCUT2D eigenvalue weighted by Crippen LogP contribution is -2.42. The Hall–Kier alpha value is -2.19. The Bertz CT molecular complexity index is 896. The van der Waals surface area contributed by atoms with Gasteiger partial charge in [-0.2, -0.15) is 0 Å². The zero-order chi connectivity index (χ0) is 21.1. The van der Waals surface area contributed by atoms with Crippen molar-refractivity contribution >= 4 is 57.3 Å². The molecule has 0 radical (unpaired) electrons. The number of amides is 2. The summed E-state index contributed by atoms with van der Waals surface area (Å²) in [5.41, 5.74) is 1.92. The average Bonchev–Trinajstić information content (AvgIpc) is 3.16. The number of anilines is 1. The zero-order valence-electron chi connectivity index (χ0n) is 16.8. The molecule has 0 N–H and O–H groups in total. The molecule has 0 saturated carbocycles. The SMILES string of the molecule is CCCCCCN1C(=O)/C(=C2\SC(=S)N([C@@H](C)C(=O)OC)C2=O)c2ccccc21. The Kier molecular flexibility index (Phi) is 6.74. The van der Waals surface area contributed by atoms with Gasteiger partial charge in [0.25, 0.3) is 11.8 Å². The van der Waals surface area contributed by atoms with E-state index in [0.29, 0.717) is 12.1 Å². The fraction of sp³-hybridized carbons (Fsp3) is 0.429. The van der Waals surface area contributed by atoms with E-state index in [1.165, 1.54) is 12.0 Å². The van der Waals surface area contributed by atoms with Crippen LogP contribution in [0, 0.1) is 0 Å². The van der Waals surface area contributed by atoms with Gasteiger partial charge in [0.1, 0.15) is 10.4 Å². The van der Waals surface area contributed by atoms with Gasteiger partial charge in [0.05, 0.1) is 23.3 Å². The predicted octanol–water partition coefficient (Wildman–Crippen LogP) is 3.75. The maximum absolute atomic E-state index is 13.3. The molecule has 0 aromatic heterocycles. The van der Waals surface area contributed by atoms with Crippen molar-refractivity contribution < 1.29 is 19.1 Å². The van der Waals surface area contributed by atoms with E-state index in [0.717, 1.165) is 48.7 Å². The Balaban J connectivity index is 1.96. The summed E-state index contributed by atoms with van der Waals surface area (Å²) in [6.07, 6.45) is 4.20. The number of rotatable bonds is 7. The first-order valence-corrected chi connectivity index (χ1v) is 10.9. The number of carbonyl (C=O) groups excluding carboxylic acids is 3. The number of thioether (sulfide) groups is 1. The van der Waals surface area contributed by atoms with Crippen LogP contribution in [0.25, 0.3) is 5.57 Å². The minimum absolute atomic E-state index is 0.186. The zero-order valence-corrected chi connectivity index (χ0v) is 18.4. The molecule has 8 heteroatoms. The Labute approximate surface area is 180 Å². The normalized spacial score (nSPS) is 19.8. The van der Waals surface area contributed by atoms with Gasteiger partial charge in [-0.05, 0) is 19.4 Å². The molecular weight excluding hydrogens is 408 g/mol. The third-order valence-electron chi connectivity index (χ3n) is 5.11. The number of hydrogen-bond acceptors (Lipinski definition) is 6. The summed E-state index contributed by atoms with van der Waals surface area (Å²) in [7, 11) is 1.27. The molecule has 2 aliphatic rings. The molecule has 2 aliphatic heterocycles. The summed E-state index contributed by atoms with van der Waals surface area (Å²) in [6, 6.07) is 6.65. The van der Waals surface area contributed by atoms with E-state index in [1.807, 2.05) is 24.3 Å². The van der Waals surface area contributed by atoms with E-state index in [-0.39, 0.29) is 15.1 Å². The van der Waals surface area contributed by atoms with Crippen LogP contribution in [0.2, 0.25) is 0 Å². The molecule has 2 heterocycles. The maximum atomic E-state index is 13.3. The van der Waals surface area contributed by atoms with Crippen molar-refractivity contribution in [3.63, 3.8) is 0 Å². The predicted molar refractivity (Wildman–Crippen MR) is 118 cm³/mol. The molecule has 2 amide bonds.